The van der Waals surface area contributed by atoms with E-state index in [-0.39, 0.29) is 5.92 Å². The van der Waals surface area contributed by atoms with Gasteiger partial charge in [-0.05, 0) is 11.8 Å². The zero-order valence-corrected chi connectivity index (χ0v) is 8.88. The molecule has 0 heterocycles. The molecule has 3 atom stereocenters. The maximum Gasteiger partial charge on any atom is 0.0851 e. The van der Waals surface area contributed by atoms with Crippen molar-refractivity contribution >= 4 is 0 Å². The van der Waals surface area contributed by atoms with E-state index in [1.807, 2.05) is 0 Å². The molecule has 0 aliphatic rings. The van der Waals surface area contributed by atoms with Crippen LogP contribution in [0, 0.1) is 29.1 Å². The summed E-state index contributed by atoms with van der Waals surface area (Å²) in [4.78, 5) is 0. The molecule has 0 spiro atoms. The van der Waals surface area contributed by atoms with Crippen LogP contribution in [-0.2, 0) is 0 Å². The lowest BCUT2D eigenvalue weighted by atomic mass is 9.82. The summed E-state index contributed by atoms with van der Waals surface area (Å²) in [6.07, 6.45) is 2.79. The molecule has 1 unspecified atom stereocenters. The second-order valence-corrected chi connectivity index (χ2v) is 3.59. The monoisotopic (exact) mass is 177 g/mol. The van der Waals surface area contributed by atoms with Crippen molar-refractivity contribution in [2.45, 2.75) is 27.2 Å². The lowest BCUT2D eigenvalue weighted by Crippen LogP contribution is -2.13. The van der Waals surface area contributed by atoms with Crippen molar-refractivity contribution in [2.24, 2.45) is 17.8 Å². The molecule has 0 aliphatic carbocycles. The lowest BCUT2D eigenvalue weighted by Gasteiger charge is -2.22. The van der Waals surface area contributed by atoms with Gasteiger partial charge in [0, 0.05) is 0 Å². The molecule has 0 bridgehead atoms. The van der Waals surface area contributed by atoms with E-state index in [1.165, 1.54) is 0 Å². The predicted octanol–water partition coefficient (Wildman–Crippen LogP) is 3.55. The Morgan fingerprint density at radius 1 is 1.54 bits per heavy atom. The van der Waals surface area contributed by atoms with E-state index >= 15 is 0 Å². The van der Waals surface area contributed by atoms with Gasteiger partial charge in [-0.25, -0.2) is 0 Å². The van der Waals surface area contributed by atoms with E-state index in [2.05, 4.69) is 40.0 Å². The van der Waals surface area contributed by atoms with E-state index in [1.54, 1.807) is 6.08 Å². The van der Waals surface area contributed by atoms with Crippen LogP contribution in [0.3, 0.4) is 0 Å². The molecule has 1 nitrogen and oxygen atoms in total. The van der Waals surface area contributed by atoms with Crippen LogP contribution in [0.4, 0.5) is 0 Å². The summed E-state index contributed by atoms with van der Waals surface area (Å²) in [5, 5.41) is 8.82. The molecule has 0 rings (SSSR count). The highest BCUT2D eigenvalue weighted by Gasteiger charge is 2.18. The van der Waals surface area contributed by atoms with Crippen LogP contribution in [0.1, 0.15) is 27.2 Å². The van der Waals surface area contributed by atoms with E-state index in [4.69, 9.17) is 5.26 Å². The van der Waals surface area contributed by atoms with Gasteiger partial charge in [-0.2, -0.15) is 5.26 Å². The molecular weight excluding hydrogens is 158 g/mol. The average Bonchev–Trinajstić information content (AvgIpc) is 2.17. The normalized spacial score (nSPS) is 16.8. The van der Waals surface area contributed by atoms with Crippen molar-refractivity contribution < 1.29 is 0 Å². The molecule has 0 aromatic heterocycles. The second kappa shape index (κ2) is 5.59. The number of allylic oxidation sites excluding steroid dienone is 2. The van der Waals surface area contributed by atoms with Gasteiger partial charge in [-0.15, -0.1) is 6.58 Å². The van der Waals surface area contributed by atoms with Gasteiger partial charge in [-0.1, -0.05) is 45.4 Å². The summed E-state index contributed by atoms with van der Waals surface area (Å²) in [5.74, 6) is 0.792. The number of nitriles is 1. The van der Waals surface area contributed by atoms with Gasteiger partial charge < -0.3 is 0 Å². The Hall–Kier alpha value is -1.03. The summed E-state index contributed by atoms with van der Waals surface area (Å²) < 4.78 is 0. The van der Waals surface area contributed by atoms with Crippen LogP contribution in [0.15, 0.2) is 24.8 Å². The van der Waals surface area contributed by atoms with Gasteiger partial charge >= 0.3 is 0 Å². The first-order chi connectivity index (χ1) is 6.08. The van der Waals surface area contributed by atoms with Crippen molar-refractivity contribution in [3.8, 4) is 6.07 Å². The van der Waals surface area contributed by atoms with Crippen molar-refractivity contribution in [2.75, 3.05) is 0 Å². The molecule has 0 aromatic carbocycles. The molecule has 0 amide bonds. The first-order valence-corrected chi connectivity index (χ1v) is 4.79. The smallest absolute Gasteiger partial charge is 0.0851 e. The van der Waals surface area contributed by atoms with Gasteiger partial charge in [0.2, 0.25) is 0 Å². The Balaban J connectivity index is 4.42. The Bertz CT molecular complexity index is 222. The molecular formula is C12H19N. The summed E-state index contributed by atoms with van der Waals surface area (Å²) >= 11 is 0. The SMILES string of the molecule is C=CC(C#N)C(=C)[C@H](C)[C@H](C)CC. The van der Waals surface area contributed by atoms with Gasteiger partial charge in [0.15, 0.2) is 0 Å². The van der Waals surface area contributed by atoms with Crippen LogP contribution in [0.5, 0.6) is 0 Å². The fraction of sp³-hybridized carbons (Fsp3) is 0.583. The van der Waals surface area contributed by atoms with Gasteiger partial charge in [-0.3, -0.25) is 0 Å². The number of nitrogens with zero attached hydrogens (tertiary/aromatic N) is 1. The summed E-state index contributed by atoms with van der Waals surface area (Å²) in [6.45, 7) is 14.1. The van der Waals surface area contributed by atoms with Crippen LogP contribution >= 0.6 is 0 Å². The third-order valence-electron chi connectivity index (χ3n) is 2.86. The Labute approximate surface area is 81.8 Å². The Morgan fingerprint density at radius 2 is 2.08 bits per heavy atom. The quantitative estimate of drug-likeness (QED) is 0.589. The molecule has 72 valence electrons. The third kappa shape index (κ3) is 3.06. The van der Waals surface area contributed by atoms with Crippen LogP contribution < -0.4 is 0 Å². The van der Waals surface area contributed by atoms with E-state index in [0.717, 1.165) is 12.0 Å². The fourth-order valence-corrected chi connectivity index (χ4v) is 1.29. The molecule has 1 heteroatoms. The maximum absolute atomic E-state index is 8.82. The lowest BCUT2D eigenvalue weighted by molar-refractivity contribution is 0.415. The van der Waals surface area contributed by atoms with Crippen LogP contribution in [0.25, 0.3) is 0 Å². The van der Waals surface area contributed by atoms with Gasteiger partial charge in [0.05, 0.1) is 12.0 Å². The number of hydrogen-bond acceptors (Lipinski definition) is 1. The van der Waals surface area contributed by atoms with Crippen molar-refractivity contribution in [3.63, 3.8) is 0 Å². The highest BCUT2D eigenvalue weighted by atomic mass is 14.3. The maximum atomic E-state index is 8.82. The molecule has 0 saturated heterocycles. The minimum Gasteiger partial charge on any atom is -0.197 e. The van der Waals surface area contributed by atoms with E-state index in [0.29, 0.717) is 11.8 Å². The Kier molecular flexibility index (Phi) is 5.14. The predicted molar refractivity (Wildman–Crippen MR) is 57.1 cm³/mol. The average molecular weight is 177 g/mol. The molecule has 0 fully saturated rings. The standard InChI is InChI=1S/C12H19N/c1-6-9(3)10(4)11(5)12(7-2)8-13/h7,9-10,12H,2,5-6H2,1,3-4H3/t9-,10-,12?/m1/s1. The highest BCUT2D eigenvalue weighted by Crippen LogP contribution is 2.27. The van der Waals surface area contributed by atoms with Crippen molar-refractivity contribution in [1.82, 2.24) is 0 Å². The van der Waals surface area contributed by atoms with Gasteiger partial charge in [0.1, 0.15) is 0 Å². The zero-order valence-electron chi connectivity index (χ0n) is 8.88. The Morgan fingerprint density at radius 3 is 2.38 bits per heavy atom. The fourth-order valence-electron chi connectivity index (χ4n) is 1.29. The number of rotatable bonds is 5. The van der Waals surface area contributed by atoms with E-state index in [9.17, 15) is 0 Å². The van der Waals surface area contributed by atoms with Crippen LogP contribution in [0.2, 0.25) is 0 Å². The molecule has 0 radical (unpaired) electrons. The topological polar surface area (TPSA) is 23.8 Å². The minimum absolute atomic E-state index is 0.191. The summed E-state index contributed by atoms with van der Waals surface area (Å²) in [6, 6.07) is 2.19. The number of hydrogen-bond donors (Lipinski definition) is 0. The second-order valence-electron chi connectivity index (χ2n) is 3.59. The zero-order chi connectivity index (χ0) is 10.4. The van der Waals surface area contributed by atoms with Crippen LogP contribution in [-0.4, -0.2) is 0 Å². The molecule has 0 N–H and O–H groups in total. The first-order valence-electron chi connectivity index (χ1n) is 4.79. The van der Waals surface area contributed by atoms with Crippen molar-refractivity contribution in [3.05, 3.63) is 24.8 Å². The molecule has 0 aromatic rings. The van der Waals surface area contributed by atoms with E-state index < -0.39 is 0 Å². The first kappa shape index (κ1) is 12.0. The molecule has 0 saturated carbocycles. The third-order valence-corrected chi connectivity index (χ3v) is 2.86. The summed E-state index contributed by atoms with van der Waals surface area (Å²) in [5.41, 5.74) is 0.992. The molecule has 0 aliphatic heterocycles. The molecule has 13 heavy (non-hydrogen) atoms. The summed E-state index contributed by atoms with van der Waals surface area (Å²) in [7, 11) is 0. The minimum atomic E-state index is -0.191. The largest absolute Gasteiger partial charge is 0.197 e. The highest BCUT2D eigenvalue weighted by molar-refractivity contribution is 5.19. The van der Waals surface area contributed by atoms with Gasteiger partial charge in [0.25, 0.3) is 0 Å². The van der Waals surface area contributed by atoms with Crippen molar-refractivity contribution in [1.29, 1.82) is 5.26 Å².